The van der Waals surface area contributed by atoms with E-state index in [1.807, 2.05) is 0 Å². The SMILES string of the molecule is CC[C@H]1CCCCN1[C@@H]1CC(=O)N(c2ccc(F)c(F)c2)C1=O. The van der Waals surface area contributed by atoms with Crippen LogP contribution in [0.1, 0.15) is 39.0 Å². The van der Waals surface area contributed by atoms with Gasteiger partial charge in [-0.3, -0.25) is 14.5 Å². The monoisotopic (exact) mass is 322 g/mol. The van der Waals surface area contributed by atoms with E-state index in [1.165, 1.54) is 6.07 Å². The number of piperidine rings is 1. The molecule has 0 saturated carbocycles. The van der Waals surface area contributed by atoms with Crippen molar-refractivity contribution in [1.82, 2.24) is 4.90 Å². The fourth-order valence-corrected chi connectivity index (χ4v) is 3.64. The van der Waals surface area contributed by atoms with Crippen LogP contribution >= 0.6 is 0 Å². The first kappa shape index (κ1) is 16.1. The molecule has 2 amide bonds. The Bertz CT molecular complexity index is 635. The number of hydrogen-bond acceptors (Lipinski definition) is 3. The third-order valence-corrected chi connectivity index (χ3v) is 4.83. The van der Waals surface area contributed by atoms with Crippen molar-refractivity contribution < 1.29 is 18.4 Å². The summed E-state index contributed by atoms with van der Waals surface area (Å²) in [6.45, 7) is 2.88. The van der Waals surface area contributed by atoms with Gasteiger partial charge in [0.25, 0.3) is 5.91 Å². The minimum absolute atomic E-state index is 0.103. The first-order chi connectivity index (χ1) is 11.0. The zero-order valence-corrected chi connectivity index (χ0v) is 13.1. The van der Waals surface area contributed by atoms with Crippen LogP contribution in [0.3, 0.4) is 0 Å². The highest BCUT2D eigenvalue weighted by molar-refractivity contribution is 6.22. The Labute approximate surface area is 134 Å². The van der Waals surface area contributed by atoms with Gasteiger partial charge in [0.05, 0.1) is 18.2 Å². The lowest BCUT2D eigenvalue weighted by atomic mass is 9.97. The highest BCUT2D eigenvalue weighted by atomic mass is 19.2. The molecule has 0 aromatic heterocycles. The molecule has 0 bridgehead atoms. The Balaban J connectivity index is 1.86. The second kappa shape index (κ2) is 6.35. The molecule has 0 N–H and O–H groups in total. The van der Waals surface area contributed by atoms with Crippen LogP contribution in [0.5, 0.6) is 0 Å². The predicted molar refractivity (Wildman–Crippen MR) is 81.9 cm³/mol. The Morgan fingerprint density at radius 1 is 1.17 bits per heavy atom. The number of likely N-dealkylation sites (tertiary alicyclic amines) is 1. The van der Waals surface area contributed by atoms with Crippen molar-refractivity contribution in [3.63, 3.8) is 0 Å². The Kier molecular flexibility index (Phi) is 4.43. The van der Waals surface area contributed by atoms with Gasteiger partial charge in [0.2, 0.25) is 5.91 Å². The summed E-state index contributed by atoms with van der Waals surface area (Å²) in [6.07, 6.45) is 4.22. The third kappa shape index (κ3) is 2.87. The summed E-state index contributed by atoms with van der Waals surface area (Å²) < 4.78 is 26.5. The highest BCUT2D eigenvalue weighted by Crippen LogP contribution is 2.31. The molecule has 2 heterocycles. The molecule has 0 unspecified atom stereocenters. The fraction of sp³-hybridized carbons (Fsp3) is 0.529. The van der Waals surface area contributed by atoms with Crippen molar-refractivity contribution in [2.45, 2.75) is 51.1 Å². The molecule has 1 aromatic carbocycles. The number of benzene rings is 1. The van der Waals surface area contributed by atoms with E-state index in [2.05, 4.69) is 11.8 Å². The number of anilines is 1. The van der Waals surface area contributed by atoms with E-state index in [0.29, 0.717) is 6.04 Å². The standard InChI is InChI=1S/C17H20F2N2O2/c1-2-11-5-3-4-8-20(11)15-10-16(22)21(17(15)23)12-6-7-13(18)14(19)9-12/h6-7,9,11,15H,2-5,8,10H2,1H3/t11-,15+/m0/s1. The average Bonchev–Trinajstić information content (AvgIpc) is 2.85. The van der Waals surface area contributed by atoms with Gasteiger partial charge >= 0.3 is 0 Å². The van der Waals surface area contributed by atoms with Crippen molar-refractivity contribution in [1.29, 1.82) is 0 Å². The van der Waals surface area contributed by atoms with Crippen LogP contribution in [-0.4, -0.2) is 35.3 Å². The molecule has 4 nitrogen and oxygen atoms in total. The van der Waals surface area contributed by atoms with Gasteiger partial charge in [-0.25, -0.2) is 13.7 Å². The van der Waals surface area contributed by atoms with Crippen LogP contribution in [0, 0.1) is 11.6 Å². The van der Waals surface area contributed by atoms with E-state index in [-0.39, 0.29) is 23.9 Å². The summed E-state index contributed by atoms with van der Waals surface area (Å²) in [5.41, 5.74) is 0.103. The van der Waals surface area contributed by atoms with Crippen molar-refractivity contribution in [3.05, 3.63) is 29.8 Å². The van der Waals surface area contributed by atoms with Crippen molar-refractivity contribution >= 4 is 17.5 Å². The first-order valence-corrected chi connectivity index (χ1v) is 8.10. The molecule has 1 aromatic rings. The summed E-state index contributed by atoms with van der Waals surface area (Å²) in [5, 5.41) is 0. The summed E-state index contributed by atoms with van der Waals surface area (Å²) in [4.78, 5) is 28.1. The molecule has 23 heavy (non-hydrogen) atoms. The van der Waals surface area contributed by atoms with Crippen LogP contribution in [-0.2, 0) is 9.59 Å². The largest absolute Gasteiger partial charge is 0.289 e. The van der Waals surface area contributed by atoms with E-state index in [1.54, 1.807) is 0 Å². The molecular weight excluding hydrogens is 302 g/mol. The molecule has 124 valence electrons. The molecule has 0 radical (unpaired) electrons. The molecule has 2 fully saturated rings. The van der Waals surface area contributed by atoms with Gasteiger partial charge in [-0.15, -0.1) is 0 Å². The predicted octanol–water partition coefficient (Wildman–Crippen LogP) is 2.86. The molecule has 2 aliphatic heterocycles. The number of rotatable bonds is 3. The van der Waals surface area contributed by atoms with E-state index in [9.17, 15) is 18.4 Å². The number of halogens is 2. The minimum Gasteiger partial charge on any atom is -0.289 e. The Morgan fingerprint density at radius 3 is 2.65 bits per heavy atom. The Morgan fingerprint density at radius 2 is 1.96 bits per heavy atom. The molecule has 6 heteroatoms. The Hall–Kier alpha value is -1.82. The van der Waals surface area contributed by atoms with E-state index in [0.717, 1.165) is 49.3 Å². The lowest BCUT2D eigenvalue weighted by Gasteiger charge is -2.38. The smallest absolute Gasteiger partial charge is 0.251 e. The quantitative estimate of drug-likeness (QED) is 0.804. The fourth-order valence-electron chi connectivity index (χ4n) is 3.64. The average molecular weight is 322 g/mol. The van der Waals surface area contributed by atoms with E-state index < -0.39 is 17.7 Å². The van der Waals surface area contributed by atoms with Crippen LogP contribution in [0.4, 0.5) is 14.5 Å². The third-order valence-electron chi connectivity index (χ3n) is 4.83. The van der Waals surface area contributed by atoms with Crippen molar-refractivity contribution in [2.24, 2.45) is 0 Å². The molecule has 0 aliphatic carbocycles. The number of amides is 2. The maximum absolute atomic E-state index is 13.4. The number of nitrogens with zero attached hydrogens (tertiary/aromatic N) is 2. The van der Waals surface area contributed by atoms with Crippen molar-refractivity contribution in [3.8, 4) is 0 Å². The zero-order chi connectivity index (χ0) is 16.6. The minimum atomic E-state index is -1.06. The summed E-state index contributed by atoms with van der Waals surface area (Å²) >= 11 is 0. The second-order valence-electron chi connectivity index (χ2n) is 6.18. The zero-order valence-electron chi connectivity index (χ0n) is 13.1. The molecular formula is C17H20F2N2O2. The topological polar surface area (TPSA) is 40.6 Å². The van der Waals surface area contributed by atoms with Gasteiger partial charge in [-0.2, -0.15) is 0 Å². The molecule has 0 spiro atoms. The van der Waals surface area contributed by atoms with E-state index in [4.69, 9.17) is 0 Å². The number of hydrogen-bond donors (Lipinski definition) is 0. The normalized spacial score (nSPS) is 26.1. The van der Waals surface area contributed by atoms with Crippen molar-refractivity contribution in [2.75, 3.05) is 11.4 Å². The van der Waals surface area contributed by atoms with Gasteiger partial charge in [0.1, 0.15) is 0 Å². The van der Waals surface area contributed by atoms with Crippen LogP contribution in [0.2, 0.25) is 0 Å². The molecule has 3 rings (SSSR count). The van der Waals surface area contributed by atoms with E-state index >= 15 is 0 Å². The van der Waals surface area contributed by atoms with Gasteiger partial charge in [-0.1, -0.05) is 13.3 Å². The van der Waals surface area contributed by atoms with Crippen LogP contribution in [0.25, 0.3) is 0 Å². The lowest BCUT2D eigenvalue weighted by Crippen LogP contribution is -2.49. The maximum atomic E-state index is 13.4. The van der Waals surface area contributed by atoms with Gasteiger partial charge in [-0.05, 0) is 37.9 Å². The number of carbonyl (C=O) groups is 2. The number of imide groups is 1. The van der Waals surface area contributed by atoms with Crippen LogP contribution in [0.15, 0.2) is 18.2 Å². The second-order valence-corrected chi connectivity index (χ2v) is 6.18. The van der Waals surface area contributed by atoms with Gasteiger partial charge in [0.15, 0.2) is 11.6 Å². The summed E-state index contributed by atoms with van der Waals surface area (Å²) in [5.74, 6) is -2.74. The maximum Gasteiger partial charge on any atom is 0.251 e. The first-order valence-electron chi connectivity index (χ1n) is 8.10. The summed E-state index contributed by atoms with van der Waals surface area (Å²) in [7, 11) is 0. The lowest BCUT2D eigenvalue weighted by molar-refractivity contribution is -0.123. The molecule has 2 saturated heterocycles. The highest BCUT2D eigenvalue weighted by Gasteiger charge is 2.44. The van der Waals surface area contributed by atoms with Crippen LogP contribution < -0.4 is 4.90 Å². The number of carbonyl (C=O) groups excluding carboxylic acids is 2. The molecule has 2 aliphatic rings. The molecule has 2 atom stereocenters. The van der Waals surface area contributed by atoms with Gasteiger partial charge < -0.3 is 0 Å². The summed E-state index contributed by atoms with van der Waals surface area (Å²) in [6, 6.07) is 2.93. The van der Waals surface area contributed by atoms with Gasteiger partial charge in [0, 0.05) is 12.1 Å².